The average molecular weight is 597 g/mol. The Morgan fingerprint density at radius 1 is 1.02 bits per heavy atom. The Morgan fingerprint density at radius 2 is 1.84 bits per heavy atom. The number of fused-ring (bicyclic) bond motifs is 4. The van der Waals surface area contributed by atoms with E-state index in [1.165, 1.54) is 25.0 Å². The van der Waals surface area contributed by atoms with Gasteiger partial charge in [-0.15, -0.1) is 0 Å². The average Bonchev–Trinajstić information content (AvgIpc) is 3.58. The predicted molar refractivity (Wildman–Crippen MR) is 170 cm³/mol. The fourth-order valence-electron chi connectivity index (χ4n) is 8.42. The van der Waals surface area contributed by atoms with Crippen molar-refractivity contribution in [3.05, 3.63) is 59.8 Å². The number of hydrogen-bond acceptors (Lipinski definition) is 7. The van der Waals surface area contributed by atoms with E-state index in [0.717, 1.165) is 63.1 Å². The molecule has 9 heteroatoms. The molecule has 0 radical (unpaired) electrons. The zero-order valence-corrected chi connectivity index (χ0v) is 25.5. The number of rotatable bonds is 5. The van der Waals surface area contributed by atoms with Gasteiger partial charge in [0.15, 0.2) is 5.82 Å². The maximum Gasteiger partial charge on any atom is 0.319 e. The third kappa shape index (κ3) is 4.23. The molecule has 6 heterocycles. The molecule has 3 saturated heterocycles. The van der Waals surface area contributed by atoms with Gasteiger partial charge >= 0.3 is 6.01 Å². The molecule has 228 valence electrons. The van der Waals surface area contributed by atoms with Crippen LogP contribution in [-0.4, -0.2) is 82.7 Å². The monoisotopic (exact) mass is 596 g/mol. The largest absolute Gasteiger partial charge is 0.461 e. The smallest absolute Gasteiger partial charge is 0.319 e. The molecular formula is C35H38F2N6O. The van der Waals surface area contributed by atoms with Gasteiger partial charge in [-0.05, 0) is 63.7 Å². The molecule has 3 fully saturated rings. The molecule has 0 N–H and O–H groups in total. The van der Waals surface area contributed by atoms with Crippen LogP contribution in [0.25, 0.3) is 39.0 Å². The van der Waals surface area contributed by atoms with E-state index in [9.17, 15) is 0 Å². The van der Waals surface area contributed by atoms with E-state index in [2.05, 4.69) is 35.3 Å². The lowest BCUT2D eigenvalue weighted by atomic mass is 9.93. The number of piperazine rings is 1. The van der Waals surface area contributed by atoms with Crippen LogP contribution in [0.5, 0.6) is 6.01 Å². The second-order valence-corrected chi connectivity index (χ2v) is 13.2. The molecule has 1 unspecified atom stereocenters. The zero-order chi connectivity index (χ0) is 30.2. The minimum Gasteiger partial charge on any atom is -0.461 e. The molecule has 0 saturated carbocycles. The summed E-state index contributed by atoms with van der Waals surface area (Å²) >= 11 is 0. The lowest BCUT2D eigenvalue weighted by Gasteiger charge is -2.40. The number of anilines is 1. The summed E-state index contributed by atoms with van der Waals surface area (Å²) in [6, 6.07) is 9.13. The first-order chi connectivity index (χ1) is 21.4. The summed E-state index contributed by atoms with van der Waals surface area (Å²) in [5.74, 6) is -0.197. The number of ether oxygens (including phenoxy) is 1. The topological polar surface area (TPSA) is 57.6 Å². The second kappa shape index (κ2) is 10.4. The Bertz CT molecular complexity index is 1800. The van der Waals surface area contributed by atoms with E-state index >= 15 is 8.78 Å². The van der Waals surface area contributed by atoms with E-state index in [1.54, 1.807) is 6.07 Å². The van der Waals surface area contributed by atoms with E-state index in [0.29, 0.717) is 34.3 Å². The fraction of sp³-hybridized carbons (Fsp3) is 0.457. The molecule has 44 heavy (non-hydrogen) atoms. The Labute approximate surface area is 256 Å². The number of halogens is 2. The lowest BCUT2D eigenvalue weighted by molar-refractivity contribution is 0.108. The van der Waals surface area contributed by atoms with Crippen molar-refractivity contribution in [2.75, 3.05) is 51.3 Å². The van der Waals surface area contributed by atoms with Gasteiger partial charge in [0, 0.05) is 48.1 Å². The number of hydrogen-bond donors (Lipinski definition) is 0. The Kier molecular flexibility index (Phi) is 6.61. The SMILES string of the molecule is C=Cc1c(F)ccc2cccc(-c3nc4c5c(nc(OCC67CCCN6CCC7)nc5c3F)N3CCN(C)CC3C[C@H]4C)c12. The van der Waals surface area contributed by atoms with Gasteiger partial charge in [0.05, 0.1) is 16.6 Å². The highest BCUT2D eigenvalue weighted by Crippen LogP contribution is 2.45. The van der Waals surface area contributed by atoms with Crippen LogP contribution in [0.1, 0.15) is 56.2 Å². The fourth-order valence-corrected chi connectivity index (χ4v) is 8.42. The molecule has 8 rings (SSSR count). The summed E-state index contributed by atoms with van der Waals surface area (Å²) in [4.78, 5) is 22.1. The second-order valence-electron chi connectivity index (χ2n) is 13.2. The van der Waals surface area contributed by atoms with Crippen LogP contribution >= 0.6 is 0 Å². The third-order valence-electron chi connectivity index (χ3n) is 10.6. The molecule has 0 bridgehead atoms. The highest BCUT2D eigenvalue weighted by atomic mass is 19.1. The maximum absolute atomic E-state index is 17.1. The molecule has 4 aliphatic heterocycles. The molecule has 2 atom stereocenters. The standard InChI is InChI=1S/C35H38F2N6O/c1-4-24-26(36)11-10-22-8-5-9-25(27(22)24)31-29(37)32-28-30(38-31)21(2)18-23-19-41(3)16-17-43(23)33(28)40-34(39-32)44-20-35-12-6-14-42(35)15-7-13-35/h4-5,8-11,21,23H,1,6-7,12-20H2,2-3H3/t21-,23?/m1/s1. The normalized spacial score (nSPS) is 23.1. The predicted octanol–water partition coefficient (Wildman–Crippen LogP) is 6.40. The van der Waals surface area contributed by atoms with Crippen LogP contribution in [0.3, 0.4) is 0 Å². The van der Waals surface area contributed by atoms with Gasteiger partial charge in [-0.3, -0.25) is 4.90 Å². The molecule has 0 amide bonds. The van der Waals surface area contributed by atoms with Gasteiger partial charge in [0.1, 0.15) is 29.5 Å². The van der Waals surface area contributed by atoms with Crippen molar-refractivity contribution < 1.29 is 13.5 Å². The summed E-state index contributed by atoms with van der Waals surface area (Å²) in [6.07, 6.45) is 6.87. The summed E-state index contributed by atoms with van der Waals surface area (Å²) < 4.78 is 38.5. The van der Waals surface area contributed by atoms with Crippen molar-refractivity contribution in [1.29, 1.82) is 0 Å². The lowest BCUT2D eigenvalue weighted by Crippen LogP contribution is -2.52. The van der Waals surface area contributed by atoms with Crippen LogP contribution in [-0.2, 0) is 0 Å². The zero-order valence-electron chi connectivity index (χ0n) is 25.5. The molecule has 0 aliphatic carbocycles. The van der Waals surface area contributed by atoms with Crippen molar-refractivity contribution in [2.24, 2.45) is 0 Å². The third-order valence-corrected chi connectivity index (χ3v) is 10.6. The van der Waals surface area contributed by atoms with Crippen molar-refractivity contribution >= 4 is 33.6 Å². The summed E-state index contributed by atoms with van der Waals surface area (Å²) in [5.41, 5.74) is 2.04. The number of likely N-dealkylation sites (N-methyl/N-ethyl adjacent to an activating group) is 1. The molecule has 2 aromatic carbocycles. The maximum atomic E-state index is 17.1. The number of aromatic nitrogens is 3. The summed E-state index contributed by atoms with van der Waals surface area (Å²) in [6.45, 7) is 11.3. The Hall–Kier alpha value is -3.69. The van der Waals surface area contributed by atoms with Gasteiger partial charge in [0.25, 0.3) is 0 Å². The van der Waals surface area contributed by atoms with Gasteiger partial charge in [-0.1, -0.05) is 43.8 Å². The van der Waals surface area contributed by atoms with Crippen LogP contribution in [0.4, 0.5) is 14.6 Å². The van der Waals surface area contributed by atoms with Crippen molar-refractivity contribution in [3.63, 3.8) is 0 Å². The van der Waals surface area contributed by atoms with Gasteiger partial charge in [-0.2, -0.15) is 9.97 Å². The highest BCUT2D eigenvalue weighted by molar-refractivity contribution is 6.04. The number of nitrogens with zero attached hydrogens (tertiary/aromatic N) is 6. The van der Waals surface area contributed by atoms with Crippen LogP contribution in [0, 0.1) is 11.6 Å². The van der Waals surface area contributed by atoms with E-state index in [1.807, 2.05) is 18.2 Å². The van der Waals surface area contributed by atoms with E-state index < -0.39 is 11.6 Å². The van der Waals surface area contributed by atoms with Crippen LogP contribution < -0.4 is 9.64 Å². The van der Waals surface area contributed by atoms with Gasteiger partial charge in [0.2, 0.25) is 0 Å². The van der Waals surface area contributed by atoms with Crippen LogP contribution in [0.15, 0.2) is 36.9 Å². The van der Waals surface area contributed by atoms with Crippen molar-refractivity contribution in [3.8, 4) is 17.3 Å². The van der Waals surface area contributed by atoms with Crippen molar-refractivity contribution in [1.82, 2.24) is 24.8 Å². The minimum absolute atomic E-state index is 0.0124. The molecule has 4 aliphatic rings. The molecule has 0 spiro atoms. The highest BCUT2D eigenvalue weighted by Gasteiger charge is 2.45. The molecule has 4 aromatic rings. The van der Waals surface area contributed by atoms with E-state index in [-0.39, 0.29) is 34.7 Å². The molecule has 2 aromatic heterocycles. The number of pyridine rings is 1. The number of benzene rings is 2. The molecular weight excluding hydrogens is 558 g/mol. The minimum atomic E-state index is -0.537. The Balaban J connectivity index is 1.34. The van der Waals surface area contributed by atoms with Gasteiger partial charge < -0.3 is 14.5 Å². The quantitative estimate of drug-likeness (QED) is 0.264. The first-order valence-electron chi connectivity index (χ1n) is 15.9. The first-order valence-corrected chi connectivity index (χ1v) is 15.9. The first kappa shape index (κ1) is 27.8. The van der Waals surface area contributed by atoms with E-state index in [4.69, 9.17) is 19.7 Å². The Morgan fingerprint density at radius 3 is 2.64 bits per heavy atom. The van der Waals surface area contributed by atoms with Crippen LogP contribution in [0.2, 0.25) is 0 Å². The van der Waals surface area contributed by atoms with Crippen molar-refractivity contribution in [2.45, 2.75) is 56.5 Å². The summed E-state index contributed by atoms with van der Waals surface area (Å²) in [7, 11) is 2.14. The van der Waals surface area contributed by atoms with Gasteiger partial charge in [-0.25, -0.2) is 13.8 Å². The molecule has 7 nitrogen and oxygen atoms in total. The summed E-state index contributed by atoms with van der Waals surface area (Å²) in [5, 5.41) is 2.05.